The van der Waals surface area contributed by atoms with Crippen molar-refractivity contribution in [1.82, 2.24) is 9.47 Å². The van der Waals surface area contributed by atoms with Gasteiger partial charge in [-0.15, -0.1) is 0 Å². The van der Waals surface area contributed by atoms with Crippen LogP contribution in [-0.4, -0.2) is 28.5 Å². The fourth-order valence-corrected chi connectivity index (χ4v) is 5.28. The molecule has 2 aromatic heterocycles. The van der Waals surface area contributed by atoms with Crippen molar-refractivity contribution in [2.45, 2.75) is 37.9 Å². The summed E-state index contributed by atoms with van der Waals surface area (Å²) in [6, 6.07) is 12.2. The maximum absolute atomic E-state index is 13.1. The van der Waals surface area contributed by atoms with Gasteiger partial charge in [-0.25, -0.2) is 0 Å². The van der Waals surface area contributed by atoms with Crippen LogP contribution in [0.15, 0.2) is 57.7 Å². The molecule has 0 radical (unpaired) electrons. The monoisotopic (exact) mass is 490 g/mol. The summed E-state index contributed by atoms with van der Waals surface area (Å²) in [6.07, 6.45) is -3.01. The van der Waals surface area contributed by atoms with E-state index in [-0.39, 0.29) is 40.3 Å². The molecule has 4 heterocycles. The molecule has 1 aromatic carbocycles. The van der Waals surface area contributed by atoms with Gasteiger partial charge in [0.15, 0.2) is 0 Å². The number of aryl methyl sites for hydroxylation is 1. The largest absolute Gasteiger partial charge is 0.461 e. The van der Waals surface area contributed by atoms with Gasteiger partial charge in [0.1, 0.15) is 11.5 Å². The Morgan fingerprint density at radius 3 is 2.71 bits per heavy atom. The summed E-state index contributed by atoms with van der Waals surface area (Å²) in [4.78, 5) is 27.0. The number of pyridine rings is 1. The second-order valence-corrected chi connectivity index (χ2v) is 9.36. The van der Waals surface area contributed by atoms with Crippen LogP contribution in [0.2, 0.25) is 5.02 Å². The average molecular weight is 491 g/mol. The van der Waals surface area contributed by atoms with E-state index < -0.39 is 11.7 Å². The molecule has 2 unspecified atom stereocenters. The Labute approximate surface area is 198 Å². The lowest BCUT2D eigenvalue weighted by atomic mass is 9.83. The van der Waals surface area contributed by atoms with E-state index in [1.165, 1.54) is 12.1 Å². The van der Waals surface area contributed by atoms with Gasteiger partial charge in [-0.1, -0.05) is 17.7 Å². The molecule has 9 heteroatoms. The molecule has 1 amide bonds. The highest BCUT2D eigenvalue weighted by molar-refractivity contribution is 6.31. The smallest absolute Gasteiger partial charge is 0.417 e. The molecular weight excluding hydrogens is 469 g/mol. The van der Waals surface area contributed by atoms with Gasteiger partial charge in [-0.3, -0.25) is 9.59 Å². The van der Waals surface area contributed by atoms with Crippen LogP contribution in [0.5, 0.6) is 0 Å². The molecule has 0 saturated carbocycles. The van der Waals surface area contributed by atoms with Crippen LogP contribution >= 0.6 is 11.6 Å². The second kappa shape index (κ2) is 8.65. The predicted octanol–water partition coefficient (Wildman–Crippen LogP) is 5.36. The topological polar surface area (TPSA) is 55.5 Å². The number of rotatable bonds is 4. The van der Waals surface area contributed by atoms with Gasteiger partial charge in [-0.2, -0.15) is 13.2 Å². The van der Waals surface area contributed by atoms with E-state index in [0.717, 1.165) is 18.2 Å². The Morgan fingerprint density at radius 1 is 1.09 bits per heavy atom. The molecular formula is C25H22ClF3N2O3. The normalized spacial score (nSPS) is 19.7. The Hall–Kier alpha value is -3.00. The molecule has 1 saturated heterocycles. The van der Waals surface area contributed by atoms with Crippen LogP contribution < -0.4 is 5.56 Å². The zero-order valence-electron chi connectivity index (χ0n) is 18.1. The van der Waals surface area contributed by atoms with Crippen molar-refractivity contribution in [3.63, 3.8) is 0 Å². The van der Waals surface area contributed by atoms with E-state index in [4.69, 9.17) is 16.0 Å². The van der Waals surface area contributed by atoms with Gasteiger partial charge >= 0.3 is 6.18 Å². The lowest BCUT2D eigenvalue weighted by Gasteiger charge is -2.42. The van der Waals surface area contributed by atoms with E-state index in [2.05, 4.69) is 0 Å². The first-order valence-electron chi connectivity index (χ1n) is 11.1. The first-order valence-corrected chi connectivity index (χ1v) is 11.5. The number of halogens is 4. The number of aromatic nitrogens is 1. The van der Waals surface area contributed by atoms with E-state index >= 15 is 0 Å². The summed E-state index contributed by atoms with van der Waals surface area (Å²) in [5, 5.41) is -0.368. The Kier molecular flexibility index (Phi) is 5.80. The molecule has 0 spiro atoms. The second-order valence-electron chi connectivity index (χ2n) is 8.96. The maximum atomic E-state index is 13.1. The third kappa shape index (κ3) is 4.39. The molecule has 0 N–H and O–H groups in total. The molecule has 0 aliphatic carbocycles. The Balaban J connectivity index is 1.24. The predicted molar refractivity (Wildman–Crippen MR) is 121 cm³/mol. The third-order valence-corrected chi connectivity index (χ3v) is 6.97. The van der Waals surface area contributed by atoms with Crippen molar-refractivity contribution in [3.8, 4) is 11.3 Å². The molecule has 2 atom stereocenters. The summed E-state index contributed by atoms with van der Waals surface area (Å²) >= 11 is 5.69. The van der Waals surface area contributed by atoms with Crippen LogP contribution in [0.1, 0.15) is 35.8 Å². The zero-order chi connectivity index (χ0) is 24.0. The van der Waals surface area contributed by atoms with Crippen LogP contribution in [0, 0.1) is 5.92 Å². The van der Waals surface area contributed by atoms with E-state index in [1.807, 2.05) is 15.5 Å². The zero-order valence-corrected chi connectivity index (χ0v) is 18.9. The van der Waals surface area contributed by atoms with Gasteiger partial charge in [0.05, 0.1) is 10.6 Å². The van der Waals surface area contributed by atoms with E-state index in [9.17, 15) is 22.8 Å². The highest BCUT2D eigenvalue weighted by Gasteiger charge is 2.36. The standard InChI is InChI=1S/C25H22ClF3N2O3/c26-20-7-4-16(11-19(20)25(27,28)29)22-8-5-18(34-22)6-9-23(32)30-12-15-10-17(14-30)21-2-1-3-24(33)31(21)13-15/h1-5,7-8,11,15,17H,6,9-10,12-14H2. The van der Waals surface area contributed by atoms with Gasteiger partial charge < -0.3 is 13.9 Å². The fourth-order valence-electron chi connectivity index (χ4n) is 5.05. The number of alkyl halides is 3. The lowest BCUT2D eigenvalue weighted by molar-refractivity contribution is -0.137. The quantitative estimate of drug-likeness (QED) is 0.495. The highest BCUT2D eigenvalue weighted by Crippen LogP contribution is 2.38. The Bertz CT molecular complexity index is 1300. The number of hydrogen-bond donors (Lipinski definition) is 0. The molecule has 34 heavy (non-hydrogen) atoms. The van der Waals surface area contributed by atoms with Crippen LogP contribution in [-0.2, 0) is 23.9 Å². The number of amides is 1. The van der Waals surface area contributed by atoms with Crippen molar-refractivity contribution >= 4 is 17.5 Å². The number of piperidine rings is 1. The summed E-state index contributed by atoms with van der Waals surface area (Å²) in [6.45, 7) is 1.82. The summed E-state index contributed by atoms with van der Waals surface area (Å²) < 4.78 is 47.0. The van der Waals surface area contributed by atoms with E-state index in [1.54, 1.807) is 24.3 Å². The van der Waals surface area contributed by atoms with Gasteiger partial charge in [0.25, 0.3) is 5.56 Å². The van der Waals surface area contributed by atoms with E-state index in [0.29, 0.717) is 37.6 Å². The average Bonchev–Trinajstić information content (AvgIpc) is 3.27. The number of benzene rings is 1. The van der Waals surface area contributed by atoms with Gasteiger partial charge in [0.2, 0.25) is 5.91 Å². The van der Waals surface area contributed by atoms with Crippen LogP contribution in [0.3, 0.4) is 0 Å². The Morgan fingerprint density at radius 2 is 1.91 bits per heavy atom. The first-order chi connectivity index (χ1) is 16.2. The number of carbonyl (C=O) groups is 1. The summed E-state index contributed by atoms with van der Waals surface area (Å²) in [7, 11) is 0. The molecule has 178 valence electrons. The SMILES string of the molecule is O=C(CCc1ccc(-c2ccc(Cl)c(C(F)(F)F)c2)o1)N1CC2CC(C1)c1cccc(=O)n1C2. The number of fused-ring (bicyclic) bond motifs is 4. The van der Waals surface area contributed by atoms with Gasteiger partial charge in [-0.05, 0) is 48.7 Å². The number of furan rings is 1. The highest BCUT2D eigenvalue weighted by atomic mass is 35.5. The van der Waals surface area contributed by atoms with Crippen molar-refractivity contribution < 1.29 is 22.4 Å². The molecule has 5 nitrogen and oxygen atoms in total. The number of nitrogens with zero attached hydrogens (tertiary/aromatic N) is 2. The first kappa shape index (κ1) is 22.8. The van der Waals surface area contributed by atoms with Crippen LogP contribution in [0.25, 0.3) is 11.3 Å². The number of carbonyl (C=O) groups excluding carboxylic acids is 1. The minimum Gasteiger partial charge on any atom is -0.461 e. The fraction of sp³-hybridized carbons (Fsp3) is 0.360. The van der Waals surface area contributed by atoms with Crippen molar-refractivity contribution in [2.24, 2.45) is 5.92 Å². The van der Waals surface area contributed by atoms with Crippen molar-refractivity contribution in [3.05, 3.63) is 80.9 Å². The molecule has 3 aromatic rings. The summed E-state index contributed by atoms with van der Waals surface area (Å²) in [5.74, 6) is 1.22. The molecule has 2 bridgehead atoms. The minimum absolute atomic E-state index is 0.00337. The number of likely N-dealkylation sites (tertiary alicyclic amines) is 1. The van der Waals surface area contributed by atoms with Crippen molar-refractivity contribution in [1.29, 1.82) is 0 Å². The van der Waals surface area contributed by atoms with Crippen molar-refractivity contribution in [2.75, 3.05) is 13.1 Å². The van der Waals surface area contributed by atoms with Crippen LogP contribution in [0.4, 0.5) is 13.2 Å². The van der Waals surface area contributed by atoms with Gasteiger partial charge in [0, 0.05) is 55.7 Å². The minimum atomic E-state index is -4.56. The molecule has 2 aliphatic heterocycles. The molecule has 1 fully saturated rings. The lowest BCUT2D eigenvalue weighted by Crippen LogP contribution is -2.49. The molecule has 5 rings (SSSR count). The maximum Gasteiger partial charge on any atom is 0.417 e. The summed E-state index contributed by atoms with van der Waals surface area (Å²) in [5.41, 5.74) is 0.341. The number of hydrogen-bond acceptors (Lipinski definition) is 3. The third-order valence-electron chi connectivity index (χ3n) is 6.64. The molecule has 2 aliphatic rings.